The Labute approximate surface area is 243 Å². The van der Waals surface area contributed by atoms with E-state index in [-0.39, 0.29) is 17.9 Å². The van der Waals surface area contributed by atoms with E-state index in [1.54, 1.807) is 6.07 Å². The van der Waals surface area contributed by atoms with Gasteiger partial charge in [-0.3, -0.25) is 4.90 Å². The summed E-state index contributed by atoms with van der Waals surface area (Å²) in [4.78, 5) is 26.7. The fraction of sp³-hybridized carbons (Fsp3) is 0.375. The summed E-state index contributed by atoms with van der Waals surface area (Å²) in [5.74, 6) is 1.80. The highest BCUT2D eigenvalue weighted by molar-refractivity contribution is 5.88. The van der Waals surface area contributed by atoms with Gasteiger partial charge in [0.05, 0.1) is 25.8 Å². The molecule has 10 heteroatoms. The minimum atomic E-state index is -1.04. The highest BCUT2D eigenvalue weighted by Gasteiger charge is 2.30. The zero-order valence-electron chi connectivity index (χ0n) is 23.1. The van der Waals surface area contributed by atoms with Gasteiger partial charge in [-0.2, -0.15) is 0 Å². The zero-order chi connectivity index (χ0) is 28.6. The number of pyridine rings is 1. The quantitative estimate of drug-likeness (QED) is 0.299. The molecule has 2 aromatic heterocycles. The molecule has 2 atom stereocenters. The Balaban J connectivity index is 1.04. The van der Waals surface area contributed by atoms with Gasteiger partial charge in [-0.05, 0) is 62.0 Å². The van der Waals surface area contributed by atoms with E-state index < -0.39 is 5.97 Å². The predicted octanol–water partition coefficient (Wildman–Crippen LogP) is 5.36. The maximum absolute atomic E-state index is 11.6. The third-order valence-corrected chi connectivity index (χ3v) is 8.51. The summed E-state index contributed by atoms with van der Waals surface area (Å²) in [5, 5.41) is 9.47. The van der Waals surface area contributed by atoms with Crippen molar-refractivity contribution in [3.63, 3.8) is 0 Å². The Morgan fingerprint density at radius 3 is 2.57 bits per heavy atom. The molecule has 2 saturated heterocycles. The number of fused-ring (bicyclic) bond motifs is 2. The minimum absolute atomic E-state index is 0.0206. The van der Waals surface area contributed by atoms with Gasteiger partial charge >= 0.3 is 5.97 Å². The first-order valence-electron chi connectivity index (χ1n) is 14.4. The SMILES string of the molecule is [C-]#[N+]c1ccc([C@H]2COc3c(cccc3C3CCN(Cc4nc5ccc(C(=O)O)nc5n4C[C@@H]4CCO4)CC3)O2)cc1. The van der Waals surface area contributed by atoms with Crippen LogP contribution in [0, 0.1) is 6.57 Å². The van der Waals surface area contributed by atoms with Crippen LogP contribution in [0.1, 0.15) is 58.7 Å². The summed E-state index contributed by atoms with van der Waals surface area (Å²) in [6, 6.07) is 16.9. The largest absolute Gasteiger partial charge is 0.485 e. The van der Waals surface area contributed by atoms with Gasteiger partial charge in [-0.1, -0.05) is 36.4 Å². The first-order chi connectivity index (χ1) is 20.6. The maximum Gasteiger partial charge on any atom is 0.354 e. The number of piperidine rings is 1. The number of nitrogens with zero attached hydrogens (tertiary/aromatic N) is 5. The number of ether oxygens (including phenoxy) is 3. The Kier molecular flexibility index (Phi) is 6.98. The molecular weight excluding hydrogens is 534 g/mol. The van der Waals surface area contributed by atoms with Crippen molar-refractivity contribution in [3.05, 3.63) is 88.7 Å². The van der Waals surface area contributed by atoms with Crippen molar-refractivity contribution in [1.82, 2.24) is 19.4 Å². The summed E-state index contributed by atoms with van der Waals surface area (Å²) < 4.78 is 20.4. The number of carbonyl (C=O) groups is 1. The molecule has 5 heterocycles. The molecule has 10 nitrogen and oxygen atoms in total. The van der Waals surface area contributed by atoms with Crippen molar-refractivity contribution in [2.24, 2.45) is 0 Å². The van der Waals surface area contributed by atoms with Crippen LogP contribution in [0.5, 0.6) is 11.5 Å². The van der Waals surface area contributed by atoms with E-state index in [0.29, 0.717) is 42.5 Å². The van der Waals surface area contributed by atoms with Gasteiger partial charge in [0.15, 0.2) is 34.6 Å². The predicted molar refractivity (Wildman–Crippen MR) is 154 cm³/mol. The van der Waals surface area contributed by atoms with Gasteiger partial charge in [0.25, 0.3) is 0 Å². The molecule has 0 unspecified atom stereocenters. The number of benzene rings is 2. The molecule has 0 bridgehead atoms. The fourth-order valence-corrected chi connectivity index (χ4v) is 6.09. The highest BCUT2D eigenvalue weighted by atomic mass is 16.6. The summed E-state index contributed by atoms with van der Waals surface area (Å²) >= 11 is 0. The van der Waals surface area contributed by atoms with Crippen LogP contribution < -0.4 is 9.47 Å². The third-order valence-electron chi connectivity index (χ3n) is 8.51. The van der Waals surface area contributed by atoms with Gasteiger partial charge in [0.1, 0.15) is 17.9 Å². The highest BCUT2D eigenvalue weighted by Crippen LogP contribution is 2.44. The average Bonchev–Trinajstić information content (AvgIpc) is 3.34. The molecule has 42 heavy (non-hydrogen) atoms. The molecule has 0 amide bonds. The summed E-state index contributed by atoms with van der Waals surface area (Å²) in [7, 11) is 0. The molecule has 0 spiro atoms. The molecule has 7 rings (SSSR count). The van der Waals surface area contributed by atoms with Crippen molar-refractivity contribution in [2.45, 2.75) is 50.5 Å². The Bertz CT molecular complexity index is 1670. The van der Waals surface area contributed by atoms with Crippen molar-refractivity contribution >= 4 is 22.8 Å². The van der Waals surface area contributed by atoms with Gasteiger partial charge in [0, 0.05) is 12.2 Å². The average molecular weight is 566 g/mol. The smallest absolute Gasteiger partial charge is 0.354 e. The van der Waals surface area contributed by atoms with Gasteiger partial charge < -0.3 is 23.9 Å². The van der Waals surface area contributed by atoms with Crippen LogP contribution in [0.3, 0.4) is 0 Å². The first-order valence-corrected chi connectivity index (χ1v) is 14.4. The Hall–Kier alpha value is -4.46. The van der Waals surface area contributed by atoms with Crippen molar-refractivity contribution in [3.8, 4) is 11.5 Å². The van der Waals surface area contributed by atoms with E-state index in [1.807, 2.05) is 41.0 Å². The van der Waals surface area contributed by atoms with Crippen molar-refractivity contribution in [1.29, 1.82) is 0 Å². The van der Waals surface area contributed by atoms with Crippen LogP contribution >= 0.6 is 0 Å². The van der Waals surface area contributed by atoms with Gasteiger partial charge in [0.2, 0.25) is 0 Å². The number of hydrogen-bond donors (Lipinski definition) is 1. The second kappa shape index (κ2) is 11.1. The zero-order valence-corrected chi connectivity index (χ0v) is 23.1. The number of likely N-dealkylation sites (tertiary alicyclic amines) is 1. The van der Waals surface area contributed by atoms with Crippen molar-refractivity contribution in [2.75, 3.05) is 26.3 Å². The summed E-state index contributed by atoms with van der Waals surface area (Å²) in [6.07, 6.45) is 2.83. The lowest BCUT2D eigenvalue weighted by atomic mass is 9.88. The maximum atomic E-state index is 11.6. The number of imidazole rings is 1. The van der Waals surface area contributed by atoms with E-state index in [9.17, 15) is 9.90 Å². The molecular formula is C32H31N5O5. The minimum Gasteiger partial charge on any atom is -0.485 e. The van der Waals surface area contributed by atoms with E-state index >= 15 is 0 Å². The van der Waals surface area contributed by atoms with Crippen LogP contribution in [-0.2, 0) is 17.8 Å². The summed E-state index contributed by atoms with van der Waals surface area (Å²) in [6.45, 7) is 11.4. The molecule has 3 aliphatic rings. The molecule has 3 aliphatic heterocycles. The Morgan fingerprint density at radius 1 is 1.05 bits per heavy atom. The molecule has 0 saturated carbocycles. The number of hydrogen-bond acceptors (Lipinski definition) is 7. The van der Waals surface area contributed by atoms with E-state index in [0.717, 1.165) is 61.8 Å². The second-order valence-corrected chi connectivity index (χ2v) is 11.1. The normalized spacial score (nSPS) is 20.6. The number of para-hydroxylation sites is 1. The van der Waals surface area contributed by atoms with E-state index in [4.69, 9.17) is 25.8 Å². The number of rotatable bonds is 7. The monoisotopic (exact) mass is 565 g/mol. The van der Waals surface area contributed by atoms with Gasteiger partial charge in [-0.15, -0.1) is 0 Å². The lowest BCUT2D eigenvalue weighted by molar-refractivity contribution is -0.0593. The summed E-state index contributed by atoms with van der Waals surface area (Å²) in [5.41, 5.74) is 4.12. The molecule has 0 radical (unpaired) electrons. The number of carboxylic acid groups (broad SMARTS) is 1. The van der Waals surface area contributed by atoms with E-state index in [1.165, 1.54) is 11.6 Å². The van der Waals surface area contributed by atoms with Crippen LogP contribution in [0.15, 0.2) is 54.6 Å². The first kappa shape index (κ1) is 26.4. The lowest BCUT2D eigenvalue weighted by Gasteiger charge is -2.35. The number of aromatic nitrogens is 3. The molecule has 2 fully saturated rings. The fourth-order valence-electron chi connectivity index (χ4n) is 6.09. The van der Waals surface area contributed by atoms with Crippen LogP contribution in [0.25, 0.3) is 16.0 Å². The second-order valence-electron chi connectivity index (χ2n) is 11.1. The molecule has 214 valence electrons. The third kappa shape index (κ3) is 5.06. The molecule has 2 aromatic carbocycles. The standard InChI is InChI=1S/C32H31N5O5/c1-33-22-7-5-21(6-8-22)28-19-41-30-24(3-2-4-27(30)42-28)20-11-14-36(15-12-20)18-29-34-25-9-10-26(32(38)39)35-31(25)37(29)17-23-13-16-40-23/h2-10,20,23,28H,11-19H2,(H,38,39)/t23-,28+/m0/s1. The van der Waals surface area contributed by atoms with Gasteiger partial charge in [-0.25, -0.2) is 19.6 Å². The lowest BCUT2D eigenvalue weighted by Crippen LogP contribution is -2.35. The van der Waals surface area contributed by atoms with Crippen LogP contribution in [0.2, 0.25) is 0 Å². The topological polar surface area (TPSA) is 103 Å². The van der Waals surface area contributed by atoms with Crippen LogP contribution in [0.4, 0.5) is 5.69 Å². The van der Waals surface area contributed by atoms with Crippen molar-refractivity contribution < 1.29 is 24.1 Å². The molecule has 1 N–H and O–H groups in total. The molecule has 0 aliphatic carbocycles. The van der Waals surface area contributed by atoms with Crippen LogP contribution in [-0.4, -0.2) is 62.9 Å². The number of carboxylic acids is 1. The van der Waals surface area contributed by atoms with E-state index in [2.05, 4.69) is 20.8 Å². The number of aromatic carboxylic acids is 1. The molecule has 4 aromatic rings. The Morgan fingerprint density at radius 2 is 1.86 bits per heavy atom.